The number of rotatable bonds is 5. The molecule has 0 unspecified atom stereocenters. The molecule has 1 aliphatic heterocycles. The molecule has 5 atom stereocenters. The summed E-state index contributed by atoms with van der Waals surface area (Å²) >= 11 is 0. The van der Waals surface area contributed by atoms with Gasteiger partial charge in [0, 0.05) is 35.2 Å². The minimum Gasteiger partial charge on any atom is -0.508 e. The van der Waals surface area contributed by atoms with Gasteiger partial charge >= 0.3 is 0 Å². The number of nitrogens with two attached hydrogens (primary N) is 1. The number of phenols is 1. The van der Waals surface area contributed by atoms with E-state index in [1.807, 2.05) is 0 Å². The Hall–Kier alpha value is -3.41. The van der Waals surface area contributed by atoms with Crippen LogP contribution in [0.5, 0.6) is 11.5 Å². The smallest absolute Gasteiger partial charge is 0.255 e. The van der Waals surface area contributed by atoms with Crippen molar-refractivity contribution in [3.05, 3.63) is 39.7 Å². The molecular weight excluding hydrogens is 506 g/mol. The van der Waals surface area contributed by atoms with Gasteiger partial charge in [0.05, 0.1) is 18.7 Å². The number of likely N-dealkylation sites (tertiary alicyclic amines) is 1. The number of methoxy groups -OCH3 is 1. The molecule has 210 valence electrons. The summed E-state index contributed by atoms with van der Waals surface area (Å²) in [6, 6.07) is 0.772. The summed E-state index contributed by atoms with van der Waals surface area (Å²) in [4.78, 5) is 43.0. The summed E-state index contributed by atoms with van der Waals surface area (Å²) in [6.45, 7) is 3.60. The average Bonchev–Trinajstić information content (AvgIpc) is 3.25. The van der Waals surface area contributed by atoms with Gasteiger partial charge in [-0.25, -0.2) is 0 Å². The molecule has 0 aromatic heterocycles. The third kappa shape index (κ3) is 3.78. The fourth-order valence-corrected chi connectivity index (χ4v) is 7.17. The monoisotopic (exact) mass is 541 g/mol. The maximum absolute atomic E-state index is 13.9. The van der Waals surface area contributed by atoms with Gasteiger partial charge in [0.25, 0.3) is 5.91 Å². The number of phenolic OH excluding ortho intramolecular Hbond substituents is 1. The van der Waals surface area contributed by atoms with Crippen molar-refractivity contribution in [2.24, 2.45) is 17.6 Å². The van der Waals surface area contributed by atoms with Crippen LogP contribution >= 0.6 is 0 Å². The van der Waals surface area contributed by atoms with Crippen LogP contribution in [0, 0.1) is 11.8 Å². The predicted molar refractivity (Wildman–Crippen MR) is 140 cm³/mol. The minimum absolute atomic E-state index is 0.0290. The van der Waals surface area contributed by atoms with Crippen molar-refractivity contribution in [3.8, 4) is 11.5 Å². The zero-order valence-corrected chi connectivity index (χ0v) is 22.5. The number of ether oxygens (including phenoxy) is 1. The number of primary amides is 1. The summed E-state index contributed by atoms with van der Waals surface area (Å²) in [5.74, 6) is -6.20. The molecule has 11 nitrogen and oxygen atoms in total. The highest BCUT2D eigenvalue weighted by atomic mass is 16.5. The quantitative estimate of drug-likeness (QED) is 0.338. The van der Waals surface area contributed by atoms with E-state index < -0.39 is 58.0 Å². The predicted octanol–water partition coefficient (Wildman–Crippen LogP) is 0.957. The lowest BCUT2D eigenvalue weighted by atomic mass is 9.57. The van der Waals surface area contributed by atoms with Crippen LogP contribution in [0.2, 0.25) is 0 Å². The molecule has 0 spiro atoms. The highest BCUT2D eigenvalue weighted by Gasteiger charge is 2.64. The van der Waals surface area contributed by atoms with Gasteiger partial charge in [-0.1, -0.05) is 0 Å². The van der Waals surface area contributed by atoms with E-state index in [9.17, 15) is 34.8 Å². The largest absolute Gasteiger partial charge is 0.508 e. The molecule has 1 aromatic carbocycles. The third-order valence-electron chi connectivity index (χ3n) is 9.02. The Bertz CT molecular complexity index is 1350. The standard InChI is InChI=1S/C28H35N3O8/c1-12-6-5-7-31(12)11-14-10-17(32)19-15(24(14)39-4)8-13-9-16-21(30(2)3)23(34)20(27(29)37)26(36)28(16,38)25(35)18(13)22(19)33/h10,12-13,16,21,32-33,36,38H,5-9,11H2,1-4H3,(H2,29,37)/t12-,13+,16+,21+,28+/m1/s1. The number of aliphatic hydroxyl groups excluding tert-OH is 2. The molecule has 39 heavy (non-hydrogen) atoms. The fourth-order valence-electron chi connectivity index (χ4n) is 7.17. The van der Waals surface area contributed by atoms with Crippen LogP contribution in [0.1, 0.15) is 42.9 Å². The van der Waals surface area contributed by atoms with Crippen LogP contribution in [0.3, 0.4) is 0 Å². The second kappa shape index (κ2) is 9.35. The number of hydrogen-bond acceptors (Lipinski definition) is 10. The Labute approximate surface area is 226 Å². The summed E-state index contributed by atoms with van der Waals surface area (Å²) in [5, 5.41) is 45.1. The molecule has 0 bridgehead atoms. The number of aliphatic hydroxyl groups is 3. The number of Topliss-reactive ketones (excluding diaryl/α,β-unsaturated/α-hetero) is 2. The number of amides is 1. The van der Waals surface area contributed by atoms with Crippen LogP contribution in [-0.2, 0) is 27.3 Å². The van der Waals surface area contributed by atoms with E-state index in [1.165, 1.54) is 18.1 Å². The van der Waals surface area contributed by atoms with Gasteiger partial charge in [0.15, 0.2) is 11.4 Å². The number of carbonyl (C=O) groups is 3. The first-order valence-corrected chi connectivity index (χ1v) is 13.1. The van der Waals surface area contributed by atoms with Gasteiger partial charge in [-0.3, -0.25) is 24.2 Å². The molecule has 1 heterocycles. The number of aromatic hydroxyl groups is 1. The summed E-state index contributed by atoms with van der Waals surface area (Å²) in [6.07, 6.45) is 2.37. The topological polar surface area (TPSA) is 174 Å². The van der Waals surface area contributed by atoms with E-state index in [4.69, 9.17) is 10.5 Å². The SMILES string of the molecule is COc1c(CN2CCC[C@H]2C)cc(O)c2c1C[C@H]1C[C@H]3[C@H](N(C)C)C(=O)C(C(N)=O)=C(O)[C@@]3(O)C(=O)C1=C2O. The summed E-state index contributed by atoms with van der Waals surface area (Å²) in [5.41, 5.74) is 3.01. The van der Waals surface area contributed by atoms with Crippen LogP contribution in [0.25, 0.3) is 5.76 Å². The number of benzene rings is 1. The molecule has 1 amide bonds. The average molecular weight is 542 g/mol. The lowest BCUT2D eigenvalue weighted by Gasteiger charge is -2.50. The molecule has 5 rings (SSSR count). The van der Waals surface area contributed by atoms with Gasteiger partial charge in [-0.2, -0.15) is 0 Å². The van der Waals surface area contributed by atoms with Crippen molar-refractivity contribution in [2.75, 3.05) is 27.7 Å². The summed E-state index contributed by atoms with van der Waals surface area (Å²) in [7, 11) is 4.65. The minimum atomic E-state index is -2.66. The van der Waals surface area contributed by atoms with E-state index in [-0.39, 0.29) is 29.7 Å². The molecular formula is C28H35N3O8. The Morgan fingerprint density at radius 3 is 2.51 bits per heavy atom. The lowest BCUT2D eigenvalue weighted by molar-refractivity contribution is -0.153. The molecule has 1 aromatic rings. The van der Waals surface area contributed by atoms with E-state index in [0.717, 1.165) is 24.9 Å². The van der Waals surface area contributed by atoms with E-state index in [2.05, 4.69) is 11.8 Å². The first kappa shape index (κ1) is 27.2. The normalized spacial score (nSPS) is 30.9. The Morgan fingerprint density at radius 1 is 1.26 bits per heavy atom. The Morgan fingerprint density at radius 2 is 1.95 bits per heavy atom. The highest BCUT2D eigenvalue weighted by molar-refractivity contribution is 6.24. The van der Waals surface area contributed by atoms with Crippen molar-refractivity contribution in [2.45, 2.75) is 56.8 Å². The summed E-state index contributed by atoms with van der Waals surface area (Å²) < 4.78 is 5.79. The van der Waals surface area contributed by atoms with Gasteiger partial charge in [-0.05, 0) is 65.2 Å². The van der Waals surface area contributed by atoms with Crippen LogP contribution in [-0.4, -0.2) is 93.1 Å². The molecule has 2 fully saturated rings. The van der Waals surface area contributed by atoms with Crippen molar-refractivity contribution < 1.29 is 39.5 Å². The number of likely N-dealkylation sites (N-methyl/N-ethyl adjacent to an activating group) is 1. The number of fused-ring (bicyclic) bond motifs is 3. The fraction of sp³-hybridized carbons (Fsp3) is 0.536. The Balaban J connectivity index is 1.67. The molecule has 1 saturated heterocycles. The van der Waals surface area contributed by atoms with Gasteiger partial charge in [0.2, 0.25) is 5.78 Å². The number of ketones is 2. The maximum Gasteiger partial charge on any atom is 0.255 e. The first-order valence-electron chi connectivity index (χ1n) is 13.1. The van der Waals surface area contributed by atoms with Crippen molar-refractivity contribution in [3.63, 3.8) is 0 Å². The van der Waals surface area contributed by atoms with Crippen LogP contribution in [0.4, 0.5) is 0 Å². The second-order valence-electron chi connectivity index (χ2n) is 11.4. The molecule has 6 N–H and O–H groups in total. The highest BCUT2D eigenvalue weighted by Crippen LogP contribution is 2.54. The maximum atomic E-state index is 13.9. The van der Waals surface area contributed by atoms with E-state index >= 15 is 0 Å². The molecule has 1 saturated carbocycles. The zero-order chi connectivity index (χ0) is 28.5. The molecule has 0 radical (unpaired) electrons. The number of hydrogen-bond donors (Lipinski definition) is 5. The van der Waals surface area contributed by atoms with Crippen LogP contribution in [0.15, 0.2) is 23.0 Å². The number of nitrogens with zero attached hydrogens (tertiary/aromatic N) is 2. The van der Waals surface area contributed by atoms with Crippen molar-refractivity contribution in [1.29, 1.82) is 0 Å². The second-order valence-corrected chi connectivity index (χ2v) is 11.4. The third-order valence-corrected chi connectivity index (χ3v) is 9.02. The molecule has 3 aliphatic carbocycles. The van der Waals surface area contributed by atoms with E-state index in [0.29, 0.717) is 23.9 Å². The van der Waals surface area contributed by atoms with Crippen molar-refractivity contribution >= 4 is 23.2 Å². The zero-order valence-electron chi connectivity index (χ0n) is 22.5. The van der Waals surface area contributed by atoms with Crippen molar-refractivity contribution in [1.82, 2.24) is 9.80 Å². The van der Waals surface area contributed by atoms with Gasteiger partial charge < -0.3 is 30.9 Å². The lowest BCUT2D eigenvalue weighted by Crippen LogP contribution is -2.65. The number of carbonyl (C=O) groups excluding carboxylic acids is 3. The first-order chi connectivity index (χ1) is 18.3. The van der Waals surface area contributed by atoms with E-state index in [1.54, 1.807) is 14.1 Å². The Kier molecular flexibility index (Phi) is 6.52. The molecule has 11 heteroatoms. The van der Waals surface area contributed by atoms with Gasteiger partial charge in [-0.15, -0.1) is 0 Å². The van der Waals surface area contributed by atoms with Gasteiger partial charge in [0.1, 0.15) is 28.6 Å². The molecule has 4 aliphatic rings. The van der Waals surface area contributed by atoms with Crippen LogP contribution < -0.4 is 10.5 Å².